The molecule has 3 heterocycles. The first-order valence-electron chi connectivity index (χ1n) is 9.97. The third-order valence-electron chi connectivity index (χ3n) is 5.49. The summed E-state index contributed by atoms with van der Waals surface area (Å²) < 4.78 is 11.0. The molecule has 9 heteroatoms. The molecule has 2 aliphatic rings. The molecule has 0 radical (unpaired) electrons. The molecule has 5 rings (SSSR count). The second kappa shape index (κ2) is 7.76. The number of likely N-dealkylation sites (N-methyl/N-ethyl adjacent to an activating group) is 1. The zero-order valence-electron chi connectivity index (χ0n) is 17.5. The van der Waals surface area contributed by atoms with Crippen molar-refractivity contribution in [1.29, 1.82) is 0 Å². The van der Waals surface area contributed by atoms with Crippen molar-refractivity contribution < 1.29 is 23.9 Å². The van der Waals surface area contributed by atoms with Crippen LogP contribution in [0, 0.1) is 6.92 Å². The molecular weight excluding hydrogens is 430 g/mol. The molecule has 1 aromatic heterocycles. The lowest BCUT2D eigenvalue weighted by Gasteiger charge is -2.29. The molecule has 162 valence electrons. The van der Waals surface area contributed by atoms with Crippen LogP contribution in [0.2, 0.25) is 0 Å². The Balaban J connectivity index is 1.45. The number of carbonyl (C=O) groups is 3. The molecule has 0 spiro atoms. The summed E-state index contributed by atoms with van der Waals surface area (Å²) in [7, 11) is 1.64. The van der Waals surface area contributed by atoms with Gasteiger partial charge in [-0.25, -0.2) is 4.98 Å². The first-order valence-corrected chi connectivity index (χ1v) is 10.8. The van der Waals surface area contributed by atoms with E-state index in [0.717, 1.165) is 16.3 Å². The van der Waals surface area contributed by atoms with E-state index in [9.17, 15) is 14.4 Å². The Labute approximate surface area is 188 Å². The van der Waals surface area contributed by atoms with E-state index in [1.807, 2.05) is 24.4 Å². The molecule has 0 N–H and O–H groups in total. The fourth-order valence-electron chi connectivity index (χ4n) is 3.71. The van der Waals surface area contributed by atoms with E-state index < -0.39 is 0 Å². The molecule has 3 aromatic rings. The van der Waals surface area contributed by atoms with Crippen LogP contribution in [0.5, 0.6) is 11.5 Å². The van der Waals surface area contributed by atoms with Crippen molar-refractivity contribution in [2.45, 2.75) is 6.92 Å². The minimum absolute atomic E-state index is 0.0311. The van der Waals surface area contributed by atoms with Gasteiger partial charge in [0.15, 0.2) is 19.0 Å². The number of ketones is 1. The smallest absolute Gasteiger partial charge is 0.265 e. The lowest BCUT2D eigenvalue weighted by atomic mass is 10.1. The van der Waals surface area contributed by atoms with Crippen molar-refractivity contribution >= 4 is 40.3 Å². The van der Waals surface area contributed by atoms with Crippen LogP contribution in [0.15, 0.2) is 41.8 Å². The number of ether oxygens (including phenoxy) is 2. The summed E-state index contributed by atoms with van der Waals surface area (Å²) in [6.45, 7) is 1.62. The van der Waals surface area contributed by atoms with Crippen molar-refractivity contribution in [1.82, 2.24) is 4.98 Å². The van der Waals surface area contributed by atoms with E-state index in [1.165, 1.54) is 9.80 Å². The summed E-state index contributed by atoms with van der Waals surface area (Å²) in [5.74, 6) is 0.336. The summed E-state index contributed by atoms with van der Waals surface area (Å²) in [5.41, 5.74) is 3.10. The molecule has 0 bridgehead atoms. The van der Waals surface area contributed by atoms with Gasteiger partial charge in [-0.3, -0.25) is 19.3 Å². The van der Waals surface area contributed by atoms with Crippen LogP contribution in [0.4, 0.5) is 11.4 Å². The number of aryl methyl sites for hydroxylation is 1. The fourth-order valence-corrected chi connectivity index (χ4v) is 4.33. The number of hydrogen-bond acceptors (Lipinski definition) is 7. The Hall–Kier alpha value is -3.72. The number of amides is 2. The molecule has 0 unspecified atom stereocenters. The molecule has 2 amide bonds. The number of nitrogens with zero attached hydrogens (tertiary/aromatic N) is 3. The maximum atomic E-state index is 13.1. The number of rotatable bonds is 4. The highest BCUT2D eigenvalue weighted by Crippen LogP contribution is 2.37. The van der Waals surface area contributed by atoms with E-state index in [2.05, 4.69) is 4.98 Å². The predicted octanol–water partition coefficient (Wildman–Crippen LogP) is 3.08. The van der Waals surface area contributed by atoms with Gasteiger partial charge in [0.25, 0.3) is 11.8 Å². The summed E-state index contributed by atoms with van der Waals surface area (Å²) in [5, 5.41) is 2.89. The Bertz CT molecular complexity index is 1270. The third-order valence-corrected chi connectivity index (χ3v) is 6.26. The number of carbonyl (C=O) groups excluding carboxylic acids is 3. The van der Waals surface area contributed by atoms with E-state index in [0.29, 0.717) is 28.4 Å². The Morgan fingerprint density at radius 2 is 1.75 bits per heavy atom. The van der Waals surface area contributed by atoms with E-state index in [-0.39, 0.29) is 37.4 Å². The maximum absolute atomic E-state index is 13.1. The van der Waals surface area contributed by atoms with Gasteiger partial charge in [0.05, 0.1) is 28.6 Å². The number of thiazole rings is 1. The first-order chi connectivity index (χ1) is 15.4. The van der Waals surface area contributed by atoms with Crippen LogP contribution in [0.3, 0.4) is 0 Å². The van der Waals surface area contributed by atoms with Crippen molar-refractivity contribution in [2.24, 2.45) is 0 Å². The second-order valence-electron chi connectivity index (χ2n) is 7.55. The zero-order chi connectivity index (χ0) is 22.4. The third kappa shape index (κ3) is 3.50. The second-order valence-corrected chi connectivity index (χ2v) is 8.61. The molecule has 0 saturated carbocycles. The molecule has 0 fully saturated rings. The summed E-state index contributed by atoms with van der Waals surface area (Å²) in [4.78, 5) is 45.1. The standard InChI is InChI=1S/C23H19N3O5S/c1-13-24-16(12-32-13)14-3-5-21-18(7-14)26(23(29)11-31-21)9-19(27)15-4-6-20-17(8-15)25(2)22(28)10-30-20/h3-8,12H,9-11H2,1-2H3. The molecule has 0 aliphatic carbocycles. The Kier molecular flexibility index (Phi) is 4.90. The number of aromatic nitrogens is 1. The number of benzene rings is 2. The summed E-state index contributed by atoms with van der Waals surface area (Å²) in [6.07, 6.45) is 0. The molecule has 32 heavy (non-hydrogen) atoms. The lowest BCUT2D eigenvalue weighted by Crippen LogP contribution is -2.42. The highest BCUT2D eigenvalue weighted by atomic mass is 32.1. The van der Waals surface area contributed by atoms with Crippen molar-refractivity contribution in [2.75, 3.05) is 36.6 Å². The van der Waals surface area contributed by atoms with Gasteiger partial charge in [-0.1, -0.05) is 0 Å². The van der Waals surface area contributed by atoms with Crippen LogP contribution < -0.4 is 19.3 Å². The minimum Gasteiger partial charge on any atom is -0.482 e. The van der Waals surface area contributed by atoms with Gasteiger partial charge in [0.1, 0.15) is 11.5 Å². The van der Waals surface area contributed by atoms with E-state index >= 15 is 0 Å². The van der Waals surface area contributed by atoms with Crippen LogP contribution in [-0.4, -0.2) is 49.4 Å². The lowest BCUT2D eigenvalue weighted by molar-refractivity contribution is -0.121. The maximum Gasteiger partial charge on any atom is 0.265 e. The van der Waals surface area contributed by atoms with Crippen molar-refractivity contribution in [3.63, 3.8) is 0 Å². The number of hydrogen-bond donors (Lipinski definition) is 0. The highest BCUT2D eigenvalue weighted by molar-refractivity contribution is 7.09. The molecule has 8 nitrogen and oxygen atoms in total. The molecule has 0 atom stereocenters. The summed E-state index contributed by atoms with van der Waals surface area (Å²) in [6, 6.07) is 10.4. The SMILES string of the molecule is Cc1nc(-c2ccc3c(c2)N(CC(=O)c2ccc4c(c2)N(C)C(=O)CO4)C(=O)CO3)cs1. The summed E-state index contributed by atoms with van der Waals surface area (Å²) >= 11 is 1.54. The minimum atomic E-state index is -0.300. The van der Waals surface area contributed by atoms with Gasteiger partial charge in [-0.2, -0.15) is 0 Å². The molecule has 2 aromatic carbocycles. The zero-order valence-corrected chi connectivity index (χ0v) is 18.3. The number of Topliss-reactive ketones (excluding diaryl/α,β-unsaturated/α-hetero) is 1. The quantitative estimate of drug-likeness (QED) is 0.569. The van der Waals surface area contributed by atoms with Gasteiger partial charge >= 0.3 is 0 Å². The average molecular weight is 449 g/mol. The number of anilines is 2. The van der Waals surface area contributed by atoms with Gasteiger partial charge in [0.2, 0.25) is 0 Å². The largest absolute Gasteiger partial charge is 0.482 e. The van der Waals surface area contributed by atoms with Gasteiger partial charge in [-0.15, -0.1) is 11.3 Å². The van der Waals surface area contributed by atoms with Crippen LogP contribution >= 0.6 is 11.3 Å². The molecular formula is C23H19N3O5S. The van der Waals surface area contributed by atoms with Crippen LogP contribution in [0.1, 0.15) is 15.4 Å². The monoisotopic (exact) mass is 449 g/mol. The van der Waals surface area contributed by atoms with Gasteiger partial charge < -0.3 is 14.4 Å². The molecule has 2 aliphatic heterocycles. The van der Waals surface area contributed by atoms with E-state index in [4.69, 9.17) is 9.47 Å². The predicted molar refractivity (Wildman–Crippen MR) is 120 cm³/mol. The van der Waals surface area contributed by atoms with Crippen molar-refractivity contribution in [3.8, 4) is 22.8 Å². The van der Waals surface area contributed by atoms with Crippen LogP contribution in [-0.2, 0) is 9.59 Å². The topological polar surface area (TPSA) is 89.0 Å². The Morgan fingerprint density at radius 3 is 2.50 bits per heavy atom. The normalized spacial score (nSPS) is 15.1. The van der Waals surface area contributed by atoms with Crippen molar-refractivity contribution in [3.05, 3.63) is 52.3 Å². The van der Waals surface area contributed by atoms with Crippen LogP contribution in [0.25, 0.3) is 11.3 Å². The Morgan fingerprint density at radius 1 is 1.03 bits per heavy atom. The molecule has 0 saturated heterocycles. The average Bonchev–Trinajstić information content (AvgIpc) is 3.24. The van der Waals surface area contributed by atoms with Gasteiger partial charge in [0, 0.05) is 23.6 Å². The first kappa shape index (κ1) is 20.2. The fraction of sp³-hybridized carbons (Fsp3) is 0.217. The highest BCUT2D eigenvalue weighted by Gasteiger charge is 2.29. The number of fused-ring (bicyclic) bond motifs is 2. The van der Waals surface area contributed by atoms with Gasteiger partial charge in [-0.05, 0) is 43.3 Å². The van der Waals surface area contributed by atoms with E-state index in [1.54, 1.807) is 42.6 Å².